The van der Waals surface area contributed by atoms with E-state index in [1.165, 1.54) is 0 Å². The zero-order valence-electron chi connectivity index (χ0n) is 21.1. The molecular weight excluding hydrogens is 446 g/mol. The first-order valence-corrected chi connectivity index (χ1v) is 15.5. The van der Waals surface area contributed by atoms with Gasteiger partial charge in [-0.15, -0.1) is 0 Å². The quantitative estimate of drug-likeness (QED) is 0.346. The van der Waals surface area contributed by atoms with Crippen molar-refractivity contribution >= 4 is 25.0 Å². The Bertz CT molecular complexity index is 935. The third-order valence-electron chi connectivity index (χ3n) is 6.80. The van der Waals surface area contributed by atoms with Crippen molar-refractivity contribution in [3.8, 4) is 0 Å². The van der Waals surface area contributed by atoms with Crippen molar-refractivity contribution < 1.29 is 13.4 Å². The Morgan fingerprint density at radius 3 is 2.06 bits per heavy atom. The highest BCUT2D eigenvalue weighted by Crippen LogP contribution is 2.43. The van der Waals surface area contributed by atoms with E-state index in [1.807, 2.05) is 49.4 Å². The molecule has 3 rings (SSSR count). The van der Waals surface area contributed by atoms with E-state index in [0.717, 1.165) is 16.0 Å². The Balaban J connectivity index is 1.83. The Morgan fingerprint density at radius 1 is 0.939 bits per heavy atom. The Kier molecular flexibility index (Phi) is 8.70. The summed E-state index contributed by atoms with van der Waals surface area (Å²) >= 11 is 0. The maximum atomic E-state index is 13.0. The van der Waals surface area contributed by atoms with Crippen molar-refractivity contribution in [3.05, 3.63) is 65.7 Å². The molecule has 0 bridgehead atoms. The number of hydrogen-bond donors (Lipinski definition) is 0. The molecule has 1 heterocycles. The summed E-state index contributed by atoms with van der Waals surface area (Å²) in [7, 11) is -3.22. The predicted octanol–water partition coefficient (Wildman–Crippen LogP) is 6.83. The van der Waals surface area contributed by atoms with Crippen LogP contribution >= 0.6 is 0 Å². The van der Waals surface area contributed by atoms with Gasteiger partial charge >= 0.3 is 0 Å². The first kappa shape index (κ1) is 25.9. The number of aliphatic imine (C=N–C) groups is 1. The van der Waals surface area contributed by atoms with Gasteiger partial charge < -0.3 is 9.16 Å². The summed E-state index contributed by atoms with van der Waals surface area (Å²) in [5, 5.41) is 0. The van der Waals surface area contributed by atoms with Gasteiger partial charge in [-0.2, -0.15) is 0 Å². The van der Waals surface area contributed by atoms with E-state index in [-0.39, 0.29) is 17.9 Å². The van der Waals surface area contributed by atoms with Crippen LogP contribution in [0.25, 0.3) is 0 Å². The lowest BCUT2D eigenvalue weighted by atomic mass is 10.0. The summed E-state index contributed by atoms with van der Waals surface area (Å²) in [6.07, 6.45) is -0.214. The van der Waals surface area contributed by atoms with Crippen LogP contribution in [0.5, 0.6) is 0 Å². The second-order valence-corrected chi connectivity index (χ2v) is 16.9. The SMILES string of the molecule is Cc1ccc([S@](=O)CC2=N[C@@H](CO[Si](C(C)C)(C(C)C)C(C)C)[C@H](c3ccccc3)O2)cc1. The molecule has 0 aliphatic carbocycles. The molecule has 0 saturated carbocycles. The summed E-state index contributed by atoms with van der Waals surface area (Å²) in [6.45, 7) is 16.3. The second-order valence-electron chi connectivity index (χ2n) is 9.97. The van der Waals surface area contributed by atoms with E-state index in [0.29, 0.717) is 29.1 Å². The third kappa shape index (κ3) is 5.84. The van der Waals surface area contributed by atoms with E-state index in [9.17, 15) is 4.21 Å². The predicted molar refractivity (Wildman–Crippen MR) is 141 cm³/mol. The maximum Gasteiger partial charge on any atom is 0.200 e. The molecule has 1 aliphatic rings. The van der Waals surface area contributed by atoms with Crippen LogP contribution in [-0.2, 0) is 20.0 Å². The van der Waals surface area contributed by atoms with Crippen LogP contribution in [0.15, 0.2) is 64.5 Å². The second kappa shape index (κ2) is 11.1. The molecule has 33 heavy (non-hydrogen) atoms. The maximum absolute atomic E-state index is 13.0. The average Bonchev–Trinajstić information content (AvgIpc) is 3.17. The van der Waals surface area contributed by atoms with Gasteiger partial charge in [-0.25, -0.2) is 4.99 Å². The van der Waals surface area contributed by atoms with Crippen LogP contribution in [0, 0.1) is 6.92 Å². The molecular formula is C27H39NO3SSi. The zero-order valence-corrected chi connectivity index (χ0v) is 22.9. The number of nitrogens with zero attached hydrogens (tertiary/aromatic N) is 1. The van der Waals surface area contributed by atoms with Crippen LogP contribution in [-0.4, -0.2) is 36.8 Å². The van der Waals surface area contributed by atoms with Crippen molar-refractivity contribution in [1.82, 2.24) is 0 Å². The molecule has 1 aliphatic heterocycles. The molecule has 180 valence electrons. The van der Waals surface area contributed by atoms with Crippen molar-refractivity contribution in [2.45, 2.75) is 82.1 Å². The van der Waals surface area contributed by atoms with Gasteiger partial charge in [0, 0.05) is 4.90 Å². The summed E-state index contributed by atoms with van der Waals surface area (Å²) in [5.74, 6) is 0.839. The Morgan fingerprint density at radius 2 is 1.52 bits per heavy atom. The minimum atomic E-state index is -2.02. The number of hydrogen-bond acceptors (Lipinski definition) is 4. The number of rotatable bonds is 10. The van der Waals surface area contributed by atoms with Crippen LogP contribution < -0.4 is 0 Å². The fourth-order valence-corrected chi connectivity index (χ4v) is 11.7. The third-order valence-corrected chi connectivity index (χ3v) is 14.2. The topological polar surface area (TPSA) is 47.9 Å². The molecule has 2 aromatic rings. The van der Waals surface area contributed by atoms with Gasteiger partial charge in [0.15, 0.2) is 14.2 Å². The van der Waals surface area contributed by atoms with Gasteiger partial charge in [0.25, 0.3) is 0 Å². The van der Waals surface area contributed by atoms with Crippen LogP contribution in [0.1, 0.15) is 58.8 Å². The number of aryl methyl sites for hydroxylation is 1. The van der Waals surface area contributed by atoms with Gasteiger partial charge in [-0.1, -0.05) is 89.6 Å². The van der Waals surface area contributed by atoms with E-state index >= 15 is 0 Å². The molecule has 0 radical (unpaired) electrons. The lowest BCUT2D eigenvalue weighted by Gasteiger charge is -2.42. The standard InChI is InChI=1S/C27H39NO3SSi/c1-19(2)33(20(3)4,21(5)6)30-17-25-27(23-11-9-8-10-12-23)31-26(28-25)18-32(29)24-15-13-22(7)14-16-24/h8-16,19-21,25,27H,17-18H2,1-7H3/t25-,27-,32+/m0/s1. The van der Waals surface area contributed by atoms with Gasteiger partial charge in [-0.3, -0.25) is 4.21 Å². The highest BCUT2D eigenvalue weighted by molar-refractivity contribution is 7.85. The Hall–Kier alpha value is -1.76. The summed E-state index contributed by atoms with van der Waals surface area (Å²) < 4.78 is 26.2. The highest BCUT2D eigenvalue weighted by atomic mass is 32.2. The molecule has 0 unspecified atom stereocenters. The van der Waals surface area contributed by atoms with Gasteiger partial charge in [0.2, 0.25) is 0 Å². The lowest BCUT2D eigenvalue weighted by molar-refractivity contribution is 0.151. The van der Waals surface area contributed by atoms with Gasteiger partial charge in [0.1, 0.15) is 17.9 Å². The minimum absolute atomic E-state index is 0.138. The van der Waals surface area contributed by atoms with Gasteiger partial charge in [-0.05, 0) is 41.2 Å². The fraction of sp³-hybridized carbons (Fsp3) is 0.519. The van der Waals surface area contributed by atoms with E-state index in [4.69, 9.17) is 14.2 Å². The lowest BCUT2D eigenvalue weighted by Crippen LogP contribution is -2.49. The molecule has 0 amide bonds. The number of benzene rings is 2. The molecule has 0 N–H and O–H groups in total. The monoisotopic (exact) mass is 485 g/mol. The van der Waals surface area contributed by atoms with Crippen LogP contribution in [0.2, 0.25) is 16.6 Å². The summed E-state index contributed by atoms with van der Waals surface area (Å²) in [5.41, 5.74) is 3.75. The normalized spacial score (nSPS) is 19.8. The molecule has 2 aromatic carbocycles. The van der Waals surface area contributed by atoms with Crippen LogP contribution in [0.3, 0.4) is 0 Å². The van der Waals surface area contributed by atoms with Gasteiger partial charge in [0.05, 0.1) is 17.4 Å². The highest BCUT2D eigenvalue weighted by Gasteiger charge is 2.46. The van der Waals surface area contributed by atoms with Crippen molar-refractivity contribution in [1.29, 1.82) is 0 Å². The fourth-order valence-electron chi connectivity index (χ4n) is 5.25. The average molecular weight is 486 g/mol. The smallest absolute Gasteiger partial charge is 0.200 e. The number of ether oxygens (including phenoxy) is 1. The molecule has 0 aromatic heterocycles. The van der Waals surface area contributed by atoms with Crippen molar-refractivity contribution in [2.75, 3.05) is 12.4 Å². The first-order chi connectivity index (χ1) is 15.6. The first-order valence-electron chi connectivity index (χ1n) is 12.0. The summed E-state index contributed by atoms with van der Waals surface area (Å²) in [6, 6.07) is 17.9. The van der Waals surface area contributed by atoms with Crippen LogP contribution in [0.4, 0.5) is 0 Å². The molecule has 0 fully saturated rings. The molecule has 3 atom stereocenters. The van der Waals surface area contributed by atoms with E-state index < -0.39 is 19.1 Å². The molecule has 4 nitrogen and oxygen atoms in total. The van der Waals surface area contributed by atoms with Crippen molar-refractivity contribution in [3.63, 3.8) is 0 Å². The minimum Gasteiger partial charge on any atom is -0.470 e. The Labute approximate surface area is 203 Å². The molecule has 6 heteroatoms. The largest absolute Gasteiger partial charge is 0.470 e. The van der Waals surface area contributed by atoms with E-state index in [1.54, 1.807) is 0 Å². The van der Waals surface area contributed by atoms with E-state index in [2.05, 4.69) is 53.7 Å². The van der Waals surface area contributed by atoms with Crippen molar-refractivity contribution in [2.24, 2.45) is 4.99 Å². The zero-order chi connectivity index (χ0) is 24.2. The molecule has 0 spiro atoms. The molecule has 0 saturated heterocycles. The summed E-state index contributed by atoms with van der Waals surface area (Å²) in [4.78, 5) is 5.71.